The van der Waals surface area contributed by atoms with Gasteiger partial charge in [0, 0.05) is 6.20 Å². The number of anilines is 1. The van der Waals surface area contributed by atoms with Gasteiger partial charge < -0.3 is 19.8 Å². The lowest BCUT2D eigenvalue weighted by molar-refractivity contribution is -0.112. The number of para-hydroxylation sites is 1. The smallest absolute Gasteiger partial charge is 0.340 e. The minimum Gasteiger partial charge on any atom is -0.467 e. The predicted molar refractivity (Wildman–Crippen MR) is 99.5 cm³/mol. The fourth-order valence-electron chi connectivity index (χ4n) is 2.16. The second-order valence-electron chi connectivity index (χ2n) is 5.62. The molecule has 2 rings (SSSR count). The quantitative estimate of drug-likeness (QED) is 0.305. The number of hydrogen-bond acceptors (Lipinski definition) is 6. The summed E-state index contributed by atoms with van der Waals surface area (Å²) in [5.41, 5.74) is 0.398. The minimum atomic E-state index is -0.627. The van der Waals surface area contributed by atoms with Gasteiger partial charge in [-0.15, -0.1) is 0 Å². The predicted octanol–water partition coefficient (Wildman–Crippen LogP) is 3.37. The SMILES string of the molecule is CCCCOC(=O)c1ccccc1NC(=O)/C(C#N)=C\NCc1ccco1. The number of amides is 1. The second kappa shape index (κ2) is 10.5. The molecule has 0 spiro atoms. The number of carbonyl (C=O) groups excluding carboxylic acids is 2. The molecule has 1 aromatic heterocycles. The molecule has 7 heteroatoms. The van der Waals surface area contributed by atoms with Gasteiger partial charge in [-0.25, -0.2) is 4.79 Å². The van der Waals surface area contributed by atoms with Gasteiger partial charge in [0.15, 0.2) is 0 Å². The highest BCUT2D eigenvalue weighted by atomic mass is 16.5. The van der Waals surface area contributed by atoms with Gasteiger partial charge in [-0.1, -0.05) is 25.5 Å². The second-order valence-corrected chi connectivity index (χ2v) is 5.62. The molecule has 140 valence electrons. The van der Waals surface area contributed by atoms with Crippen molar-refractivity contribution < 1.29 is 18.7 Å². The van der Waals surface area contributed by atoms with E-state index in [1.165, 1.54) is 12.5 Å². The number of carbonyl (C=O) groups is 2. The first kappa shape index (κ1) is 19.8. The van der Waals surface area contributed by atoms with Crippen molar-refractivity contribution in [2.24, 2.45) is 0 Å². The van der Waals surface area contributed by atoms with Crippen LogP contribution in [0.3, 0.4) is 0 Å². The molecule has 0 aliphatic carbocycles. The molecule has 0 saturated carbocycles. The van der Waals surface area contributed by atoms with Gasteiger partial charge in [0.05, 0.1) is 30.7 Å². The van der Waals surface area contributed by atoms with Crippen LogP contribution in [-0.2, 0) is 16.1 Å². The van der Waals surface area contributed by atoms with Crippen molar-refractivity contribution in [2.75, 3.05) is 11.9 Å². The summed E-state index contributed by atoms with van der Waals surface area (Å²) in [6.07, 6.45) is 4.52. The standard InChI is InChI=1S/C20H21N3O4/c1-2-3-10-27-20(25)17-8-4-5-9-18(17)23-19(24)15(12-21)13-22-14-16-7-6-11-26-16/h4-9,11,13,22H,2-3,10,14H2,1H3,(H,23,24)/b15-13-. The molecule has 0 aliphatic rings. The highest BCUT2D eigenvalue weighted by molar-refractivity contribution is 6.09. The van der Waals surface area contributed by atoms with E-state index in [-0.39, 0.29) is 16.8 Å². The van der Waals surface area contributed by atoms with Crippen LogP contribution < -0.4 is 10.6 Å². The third-order valence-electron chi connectivity index (χ3n) is 3.59. The summed E-state index contributed by atoms with van der Waals surface area (Å²) in [5.74, 6) is -0.472. The number of esters is 1. The Bertz CT molecular complexity index is 835. The van der Waals surface area contributed by atoms with Crippen LogP contribution in [0.25, 0.3) is 0 Å². The molecule has 2 aromatic rings. The molecule has 0 aliphatic heterocycles. The fraction of sp³-hybridized carbons (Fsp3) is 0.250. The molecular formula is C20H21N3O4. The number of rotatable bonds is 9. The van der Waals surface area contributed by atoms with Crippen LogP contribution in [0.5, 0.6) is 0 Å². The Hall–Kier alpha value is -3.53. The molecule has 1 amide bonds. The van der Waals surface area contributed by atoms with Crippen molar-refractivity contribution in [3.63, 3.8) is 0 Å². The van der Waals surface area contributed by atoms with E-state index < -0.39 is 11.9 Å². The van der Waals surface area contributed by atoms with Gasteiger partial charge in [-0.2, -0.15) is 5.26 Å². The number of benzene rings is 1. The Morgan fingerprint density at radius 3 is 2.78 bits per heavy atom. The van der Waals surface area contributed by atoms with Crippen LogP contribution >= 0.6 is 0 Å². The molecule has 0 radical (unpaired) electrons. The molecule has 0 fully saturated rings. The van der Waals surface area contributed by atoms with Gasteiger partial charge in [-0.05, 0) is 30.7 Å². The summed E-state index contributed by atoms with van der Waals surface area (Å²) in [6.45, 7) is 2.65. The zero-order valence-corrected chi connectivity index (χ0v) is 15.0. The van der Waals surface area contributed by atoms with Gasteiger partial charge in [-0.3, -0.25) is 4.79 Å². The van der Waals surface area contributed by atoms with Crippen molar-refractivity contribution in [1.82, 2.24) is 5.32 Å². The van der Waals surface area contributed by atoms with Gasteiger partial charge in [0.25, 0.3) is 5.91 Å². The molecule has 0 saturated heterocycles. The van der Waals surface area contributed by atoms with Crippen molar-refractivity contribution in [3.8, 4) is 6.07 Å². The lowest BCUT2D eigenvalue weighted by Crippen LogP contribution is -2.19. The Kier molecular flexibility index (Phi) is 7.67. The monoisotopic (exact) mass is 367 g/mol. The van der Waals surface area contributed by atoms with E-state index in [0.717, 1.165) is 12.8 Å². The topological polar surface area (TPSA) is 104 Å². The van der Waals surface area contributed by atoms with Crippen LogP contribution in [0, 0.1) is 11.3 Å². The van der Waals surface area contributed by atoms with Crippen LogP contribution in [-0.4, -0.2) is 18.5 Å². The van der Waals surface area contributed by atoms with Crippen LogP contribution in [0.15, 0.2) is 58.9 Å². The van der Waals surface area contributed by atoms with E-state index in [1.54, 1.807) is 36.4 Å². The largest absolute Gasteiger partial charge is 0.467 e. The third-order valence-corrected chi connectivity index (χ3v) is 3.59. The maximum Gasteiger partial charge on any atom is 0.340 e. The molecule has 0 bridgehead atoms. The lowest BCUT2D eigenvalue weighted by atomic mass is 10.1. The first-order valence-electron chi connectivity index (χ1n) is 8.59. The molecule has 0 unspecified atom stereocenters. The number of nitrogens with zero attached hydrogens (tertiary/aromatic N) is 1. The first-order chi connectivity index (χ1) is 13.2. The van der Waals surface area contributed by atoms with E-state index in [0.29, 0.717) is 18.9 Å². The summed E-state index contributed by atoms with van der Waals surface area (Å²) in [6, 6.07) is 11.9. The Morgan fingerprint density at radius 2 is 2.07 bits per heavy atom. The summed E-state index contributed by atoms with van der Waals surface area (Å²) < 4.78 is 10.4. The molecule has 2 N–H and O–H groups in total. The van der Waals surface area contributed by atoms with Crippen molar-refractivity contribution in [2.45, 2.75) is 26.3 Å². The number of hydrogen-bond donors (Lipinski definition) is 2. The zero-order chi connectivity index (χ0) is 19.5. The van der Waals surface area contributed by atoms with E-state index in [4.69, 9.17) is 9.15 Å². The van der Waals surface area contributed by atoms with Crippen LogP contribution in [0.1, 0.15) is 35.9 Å². The Labute approximate surface area is 157 Å². The molecule has 1 aromatic carbocycles. The summed E-state index contributed by atoms with van der Waals surface area (Å²) in [7, 11) is 0. The highest BCUT2D eigenvalue weighted by Crippen LogP contribution is 2.17. The lowest BCUT2D eigenvalue weighted by Gasteiger charge is -2.10. The van der Waals surface area contributed by atoms with E-state index in [9.17, 15) is 14.9 Å². The van der Waals surface area contributed by atoms with Crippen LogP contribution in [0.2, 0.25) is 0 Å². The summed E-state index contributed by atoms with van der Waals surface area (Å²) in [5, 5.41) is 14.6. The zero-order valence-electron chi connectivity index (χ0n) is 15.0. The van der Waals surface area contributed by atoms with Crippen molar-refractivity contribution in [3.05, 3.63) is 65.8 Å². The summed E-state index contributed by atoms with van der Waals surface area (Å²) >= 11 is 0. The van der Waals surface area contributed by atoms with E-state index in [1.807, 2.05) is 13.0 Å². The maximum atomic E-state index is 12.4. The normalized spacial score (nSPS) is 10.7. The van der Waals surface area contributed by atoms with Crippen molar-refractivity contribution >= 4 is 17.6 Å². The average molecular weight is 367 g/mol. The minimum absolute atomic E-state index is 0.129. The fourth-order valence-corrected chi connectivity index (χ4v) is 2.16. The number of furan rings is 1. The number of unbranched alkanes of at least 4 members (excludes halogenated alkanes) is 1. The van der Waals surface area contributed by atoms with E-state index >= 15 is 0 Å². The van der Waals surface area contributed by atoms with E-state index in [2.05, 4.69) is 10.6 Å². The van der Waals surface area contributed by atoms with Crippen LogP contribution in [0.4, 0.5) is 5.69 Å². The first-order valence-corrected chi connectivity index (χ1v) is 8.59. The van der Waals surface area contributed by atoms with Gasteiger partial charge in [0.1, 0.15) is 17.4 Å². The number of ether oxygens (including phenoxy) is 1. The number of nitrogens with one attached hydrogen (secondary N) is 2. The summed E-state index contributed by atoms with van der Waals surface area (Å²) in [4.78, 5) is 24.5. The molecule has 7 nitrogen and oxygen atoms in total. The van der Waals surface area contributed by atoms with Gasteiger partial charge >= 0.3 is 5.97 Å². The molecular weight excluding hydrogens is 346 g/mol. The Morgan fingerprint density at radius 1 is 1.26 bits per heavy atom. The molecule has 27 heavy (non-hydrogen) atoms. The Balaban J connectivity index is 2.03. The molecule has 1 heterocycles. The van der Waals surface area contributed by atoms with Crippen molar-refractivity contribution in [1.29, 1.82) is 5.26 Å². The molecule has 0 atom stereocenters. The number of nitriles is 1. The average Bonchev–Trinajstić information content (AvgIpc) is 3.19. The van der Waals surface area contributed by atoms with Gasteiger partial charge in [0.2, 0.25) is 0 Å². The third kappa shape index (κ3) is 6.04. The highest BCUT2D eigenvalue weighted by Gasteiger charge is 2.16. The maximum absolute atomic E-state index is 12.4.